The first-order chi connectivity index (χ1) is 3.06. The highest BCUT2D eigenvalue weighted by atomic mass is 16.9. The summed E-state index contributed by atoms with van der Waals surface area (Å²) in [7, 11) is 1.28. The zero-order chi connectivity index (χ0) is 5.91. The highest BCUT2D eigenvalue weighted by Gasteiger charge is 2.17. The summed E-state index contributed by atoms with van der Waals surface area (Å²) in [4.78, 5) is 3.65. The van der Waals surface area contributed by atoms with Crippen LogP contribution in [-0.4, -0.2) is 28.5 Å². The molecule has 0 aliphatic heterocycles. The average Bonchev–Trinajstić information content (AvgIpc) is 1.30. The van der Waals surface area contributed by atoms with Crippen LogP contribution in [0, 0.1) is 0 Å². The topological polar surface area (TPSA) is 82.0 Å². The minimum atomic E-state index is -3.06. The third-order valence-corrected chi connectivity index (χ3v) is 0.239. The van der Waals surface area contributed by atoms with Gasteiger partial charge < -0.3 is 15.3 Å². The summed E-state index contributed by atoms with van der Waals surface area (Å²) >= 11 is 0. The van der Waals surface area contributed by atoms with E-state index in [1.807, 2.05) is 5.48 Å². The largest absolute Gasteiger partial charge is 0.421 e. The molecule has 0 aromatic carbocycles. The molecule has 4 N–H and O–H groups in total. The van der Waals surface area contributed by atoms with Crippen molar-refractivity contribution in [2.24, 2.45) is 0 Å². The van der Waals surface area contributed by atoms with Crippen LogP contribution in [0.2, 0.25) is 0 Å². The van der Waals surface area contributed by atoms with Crippen molar-refractivity contribution in [2.45, 2.75) is 6.16 Å². The molecule has 7 heavy (non-hydrogen) atoms. The molecule has 0 aliphatic carbocycles. The molecular formula is C2H7NO4. The fraction of sp³-hybridized carbons (Fsp3) is 1.00. The van der Waals surface area contributed by atoms with Gasteiger partial charge in [-0.25, -0.2) is 4.84 Å². The normalized spacial score (nSPS) is 12.0. The van der Waals surface area contributed by atoms with Crippen LogP contribution in [-0.2, 0) is 4.84 Å². The first kappa shape index (κ1) is 6.80. The zero-order valence-corrected chi connectivity index (χ0v) is 3.75. The molecule has 44 valence electrons. The Bertz CT molecular complexity index is 48.1. The molecule has 5 nitrogen and oxygen atoms in total. The van der Waals surface area contributed by atoms with Crippen LogP contribution in [0.4, 0.5) is 0 Å². The van der Waals surface area contributed by atoms with E-state index in [0.29, 0.717) is 0 Å². The molecule has 0 rings (SSSR count). The summed E-state index contributed by atoms with van der Waals surface area (Å²) in [6.45, 7) is 0. The standard InChI is InChI=1S/C2H7NO4/c1-3-7-2(4,5)6/h3-6H,1H3. The Hall–Kier alpha value is -0.200. The Morgan fingerprint density at radius 2 is 1.86 bits per heavy atom. The lowest BCUT2D eigenvalue weighted by atomic mass is 11.2. The molecule has 0 radical (unpaired) electrons. The molecular weight excluding hydrogens is 102 g/mol. The Morgan fingerprint density at radius 1 is 1.43 bits per heavy atom. The van der Waals surface area contributed by atoms with Crippen LogP contribution < -0.4 is 5.48 Å². The highest BCUT2D eigenvalue weighted by Crippen LogP contribution is 1.87. The van der Waals surface area contributed by atoms with E-state index >= 15 is 0 Å². The van der Waals surface area contributed by atoms with Crippen LogP contribution in [0.5, 0.6) is 0 Å². The molecule has 0 unspecified atom stereocenters. The monoisotopic (exact) mass is 109 g/mol. The maximum atomic E-state index is 7.84. The lowest BCUT2D eigenvalue weighted by Crippen LogP contribution is -2.35. The molecule has 0 aromatic rings. The van der Waals surface area contributed by atoms with Crippen molar-refractivity contribution in [1.29, 1.82) is 0 Å². The Morgan fingerprint density at radius 3 is 1.86 bits per heavy atom. The van der Waals surface area contributed by atoms with Crippen molar-refractivity contribution in [1.82, 2.24) is 5.48 Å². The number of hydrogen-bond acceptors (Lipinski definition) is 5. The van der Waals surface area contributed by atoms with Gasteiger partial charge in [0.05, 0.1) is 0 Å². The van der Waals surface area contributed by atoms with E-state index in [0.717, 1.165) is 0 Å². The van der Waals surface area contributed by atoms with Crippen LogP contribution in [0.15, 0.2) is 0 Å². The van der Waals surface area contributed by atoms with E-state index in [1.54, 1.807) is 0 Å². The quantitative estimate of drug-likeness (QED) is 0.237. The summed E-state index contributed by atoms with van der Waals surface area (Å²) < 4.78 is 0. The smallest absolute Gasteiger partial charge is 0.318 e. The summed E-state index contributed by atoms with van der Waals surface area (Å²) in [6.07, 6.45) is -3.06. The van der Waals surface area contributed by atoms with Gasteiger partial charge in [0.15, 0.2) is 0 Å². The van der Waals surface area contributed by atoms with Crippen LogP contribution in [0.25, 0.3) is 0 Å². The second-order valence-corrected chi connectivity index (χ2v) is 0.880. The fourth-order valence-corrected chi connectivity index (χ4v) is 0.137. The predicted octanol–water partition coefficient (Wildman–Crippen LogP) is -2.27. The molecule has 0 amide bonds. The van der Waals surface area contributed by atoms with Gasteiger partial charge in [-0.2, -0.15) is 5.48 Å². The van der Waals surface area contributed by atoms with E-state index in [1.165, 1.54) is 7.05 Å². The molecule has 0 aliphatic rings. The van der Waals surface area contributed by atoms with Gasteiger partial charge in [-0.05, 0) is 0 Å². The van der Waals surface area contributed by atoms with E-state index in [-0.39, 0.29) is 0 Å². The fourth-order valence-electron chi connectivity index (χ4n) is 0.137. The van der Waals surface area contributed by atoms with Crippen LogP contribution in [0.3, 0.4) is 0 Å². The SMILES string of the molecule is CNOC(O)(O)O. The van der Waals surface area contributed by atoms with Crippen molar-refractivity contribution in [3.8, 4) is 0 Å². The minimum Gasteiger partial charge on any atom is -0.318 e. The van der Waals surface area contributed by atoms with Crippen molar-refractivity contribution in [2.75, 3.05) is 7.05 Å². The van der Waals surface area contributed by atoms with Gasteiger partial charge in [0.2, 0.25) is 0 Å². The van der Waals surface area contributed by atoms with Gasteiger partial charge in [0.25, 0.3) is 0 Å². The molecule has 0 spiro atoms. The summed E-state index contributed by atoms with van der Waals surface area (Å²) in [5.41, 5.74) is 1.86. The number of nitrogens with one attached hydrogen (secondary N) is 1. The minimum absolute atomic E-state index is 1.28. The van der Waals surface area contributed by atoms with Gasteiger partial charge in [-0.15, -0.1) is 0 Å². The van der Waals surface area contributed by atoms with Crippen molar-refractivity contribution in [3.63, 3.8) is 0 Å². The number of aliphatic hydroxyl groups is 3. The molecule has 0 heterocycles. The lowest BCUT2D eigenvalue weighted by Gasteiger charge is -2.10. The Kier molecular flexibility index (Phi) is 2.13. The van der Waals surface area contributed by atoms with E-state index in [2.05, 4.69) is 4.84 Å². The molecule has 0 aromatic heterocycles. The van der Waals surface area contributed by atoms with Gasteiger partial charge >= 0.3 is 6.16 Å². The summed E-state index contributed by atoms with van der Waals surface area (Å²) in [5.74, 6) is 0. The highest BCUT2D eigenvalue weighted by molar-refractivity contribution is 4.11. The Balaban J connectivity index is 3.15. The van der Waals surface area contributed by atoms with Crippen LogP contribution in [0.1, 0.15) is 0 Å². The van der Waals surface area contributed by atoms with Gasteiger partial charge in [0.1, 0.15) is 0 Å². The van der Waals surface area contributed by atoms with E-state index < -0.39 is 6.16 Å². The lowest BCUT2D eigenvalue weighted by molar-refractivity contribution is -0.470. The average molecular weight is 109 g/mol. The number of rotatable bonds is 2. The second kappa shape index (κ2) is 2.20. The molecule has 0 fully saturated rings. The molecule has 0 saturated carbocycles. The van der Waals surface area contributed by atoms with Crippen molar-refractivity contribution in [3.05, 3.63) is 0 Å². The molecule has 0 atom stereocenters. The van der Waals surface area contributed by atoms with Crippen molar-refractivity contribution < 1.29 is 20.2 Å². The predicted molar refractivity (Wildman–Crippen MR) is 19.5 cm³/mol. The third kappa shape index (κ3) is 5.80. The van der Waals surface area contributed by atoms with E-state index in [4.69, 9.17) is 15.3 Å². The first-order valence-electron chi connectivity index (χ1n) is 1.58. The summed E-state index contributed by atoms with van der Waals surface area (Å²) in [5, 5.41) is 23.5. The maximum absolute atomic E-state index is 7.84. The second-order valence-electron chi connectivity index (χ2n) is 0.880. The molecule has 5 heteroatoms. The number of hydrogen-bond donors (Lipinski definition) is 4. The van der Waals surface area contributed by atoms with Gasteiger partial charge in [0, 0.05) is 7.05 Å². The van der Waals surface area contributed by atoms with E-state index in [9.17, 15) is 0 Å². The van der Waals surface area contributed by atoms with Crippen LogP contribution >= 0.6 is 0 Å². The third-order valence-electron chi connectivity index (χ3n) is 0.239. The number of hydroxylamine groups is 1. The molecule has 0 bridgehead atoms. The molecule has 0 saturated heterocycles. The summed E-state index contributed by atoms with van der Waals surface area (Å²) in [6, 6.07) is 0. The first-order valence-corrected chi connectivity index (χ1v) is 1.58. The van der Waals surface area contributed by atoms with Crippen molar-refractivity contribution >= 4 is 0 Å². The Labute approximate surface area is 40.1 Å². The zero-order valence-electron chi connectivity index (χ0n) is 3.75. The maximum Gasteiger partial charge on any atom is 0.421 e. The van der Waals surface area contributed by atoms with Gasteiger partial charge in [-0.1, -0.05) is 0 Å². The van der Waals surface area contributed by atoms with Gasteiger partial charge in [-0.3, -0.25) is 0 Å².